The molecule has 3 nitrogen and oxygen atoms in total. The summed E-state index contributed by atoms with van der Waals surface area (Å²) in [6, 6.07) is 0. The van der Waals surface area contributed by atoms with E-state index in [1.165, 1.54) is 0 Å². The lowest BCUT2D eigenvalue weighted by Gasteiger charge is -2.42. The van der Waals surface area contributed by atoms with E-state index in [0.29, 0.717) is 37.7 Å². The van der Waals surface area contributed by atoms with E-state index in [-0.39, 0.29) is 11.9 Å². The highest BCUT2D eigenvalue weighted by molar-refractivity contribution is 5.73. The van der Waals surface area contributed by atoms with Crippen LogP contribution >= 0.6 is 0 Å². The van der Waals surface area contributed by atoms with Crippen molar-refractivity contribution in [2.45, 2.75) is 59.0 Å². The number of ether oxygens (including phenoxy) is 1. The molecule has 0 heterocycles. The van der Waals surface area contributed by atoms with E-state index >= 15 is 0 Å². The van der Waals surface area contributed by atoms with E-state index in [4.69, 9.17) is 4.74 Å². The van der Waals surface area contributed by atoms with Gasteiger partial charge in [-0.15, -0.1) is 0 Å². The summed E-state index contributed by atoms with van der Waals surface area (Å²) in [4.78, 5) is 11.9. The Morgan fingerprint density at radius 1 is 1.35 bits per heavy atom. The molecule has 17 heavy (non-hydrogen) atoms. The fraction of sp³-hybridized carbons (Fsp3) is 0.929. The average Bonchev–Trinajstić information content (AvgIpc) is 2.15. The van der Waals surface area contributed by atoms with Crippen LogP contribution in [0.4, 0.5) is 0 Å². The monoisotopic (exact) mass is 242 g/mol. The third-order valence-electron chi connectivity index (χ3n) is 3.84. The van der Waals surface area contributed by atoms with Crippen LogP contribution in [0.2, 0.25) is 0 Å². The van der Waals surface area contributed by atoms with Gasteiger partial charge in [0.25, 0.3) is 0 Å². The molecule has 0 bridgehead atoms. The molecule has 0 amide bonds. The Balaban J connectivity index is 2.81. The summed E-state index contributed by atoms with van der Waals surface area (Å²) in [6.45, 7) is 8.44. The van der Waals surface area contributed by atoms with Gasteiger partial charge in [-0.2, -0.15) is 0 Å². The Kier molecular flexibility index (Phi) is 4.99. The van der Waals surface area contributed by atoms with E-state index in [0.717, 1.165) is 6.42 Å². The van der Waals surface area contributed by atoms with Crippen molar-refractivity contribution in [1.29, 1.82) is 0 Å². The Morgan fingerprint density at radius 3 is 2.29 bits per heavy atom. The van der Waals surface area contributed by atoms with E-state index in [2.05, 4.69) is 13.8 Å². The molecule has 3 unspecified atom stereocenters. The lowest BCUT2D eigenvalue weighted by molar-refractivity contribution is -0.164. The van der Waals surface area contributed by atoms with Gasteiger partial charge in [0, 0.05) is 0 Å². The number of aliphatic hydroxyl groups is 1. The first-order valence-corrected chi connectivity index (χ1v) is 6.82. The van der Waals surface area contributed by atoms with Gasteiger partial charge in [0.05, 0.1) is 18.1 Å². The molecule has 0 aromatic carbocycles. The van der Waals surface area contributed by atoms with Crippen LogP contribution in [0, 0.1) is 17.8 Å². The standard InChI is InChI=1S/C14H26O3/c1-5-12(13(15)17-6-2)14(16)8-10(3)7-11(4)9-14/h10-12,16H,5-9H2,1-4H3. The van der Waals surface area contributed by atoms with Crippen molar-refractivity contribution < 1.29 is 14.6 Å². The van der Waals surface area contributed by atoms with E-state index in [1.54, 1.807) is 6.92 Å². The van der Waals surface area contributed by atoms with Crippen molar-refractivity contribution in [3.05, 3.63) is 0 Å². The zero-order valence-electron chi connectivity index (χ0n) is 11.5. The maximum atomic E-state index is 11.9. The van der Waals surface area contributed by atoms with Gasteiger partial charge >= 0.3 is 5.97 Å². The van der Waals surface area contributed by atoms with Gasteiger partial charge in [0.1, 0.15) is 0 Å². The normalized spacial score (nSPS) is 35.4. The molecule has 1 aliphatic rings. The van der Waals surface area contributed by atoms with Crippen LogP contribution in [-0.2, 0) is 9.53 Å². The average molecular weight is 242 g/mol. The first-order valence-electron chi connectivity index (χ1n) is 6.82. The molecule has 3 heteroatoms. The molecular formula is C14H26O3. The van der Waals surface area contributed by atoms with Gasteiger partial charge in [0.15, 0.2) is 0 Å². The minimum Gasteiger partial charge on any atom is -0.466 e. The van der Waals surface area contributed by atoms with Crippen molar-refractivity contribution in [3.63, 3.8) is 0 Å². The SMILES string of the molecule is CCOC(=O)C(CC)C1(O)CC(C)CC(C)C1. The zero-order valence-corrected chi connectivity index (χ0v) is 11.5. The van der Waals surface area contributed by atoms with Crippen LogP contribution in [-0.4, -0.2) is 23.3 Å². The molecule has 1 saturated carbocycles. The van der Waals surface area contributed by atoms with Crippen molar-refractivity contribution in [1.82, 2.24) is 0 Å². The zero-order chi connectivity index (χ0) is 13.1. The highest BCUT2D eigenvalue weighted by Gasteiger charge is 2.45. The van der Waals surface area contributed by atoms with Crippen LogP contribution < -0.4 is 0 Å². The smallest absolute Gasteiger partial charge is 0.311 e. The predicted molar refractivity (Wildman–Crippen MR) is 67.5 cm³/mol. The van der Waals surface area contributed by atoms with Gasteiger partial charge in [-0.3, -0.25) is 4.79 Å². The Morgan fingerprint density at radius 2 is 1.88 bits per heavy atom. The molecule has 1 rings (SSSR count). The number of hydrogen-bond acceptors (Lipinski definition) is 3. The number of rotatable bonds is 4. The maximum absolute atomic E-state index is 11.9. The van der Waals surface area contributed by atoms with Crippen molar-refractivity contribution in [2.24, 2.45) is 17.8 Å². The van der Waals surface area contributed by atoms with Crippen LogP contribution in [0.25, 0.3) is 0 Å². The van der Waals surface area contributed by atoms with Gasteiger partial charge in [-0.1, -0.05) is 20.8 Å². The number of carbonyl (C=O) groups is 1. The second kappa shape index (κ2) is 5.85. The van der Waals surface area contributed by atoms with E-state index < -0.39 is 5.60 Å². The maximum Gasteiger partial charge on any atom is 0.311 e. The van der Waals surface area contributed by atoms with Gasteiger partial charge in [-0.25, -0.2) is 0 Å². The van der Waals surface area contributed by atoms with Crippen molar-refractivity contribution in [2.75, 3.05) is 6.61 Å². The largest absolute Gasteiger partial charge is 0.466 e. The summed E-state index contributed by atoms with van der Waals surface area (Å²) in [5.74, 6) is 0.353. The molecule has 0 radical (unpaired) electrons. The van der Waals surface area contributed by atoms with Gasteiger partial charge in [0.2, 0.25) is 0 Å². The second-order valence-corrected chi connectivity index (χ2v) is 5.67. The molecule has 0 spiro atoms. The fourth-order valence-corrected chi connectivity index (χ4v) is 3.44. The van der Waals surface area contributed by atoms with E-state index in [1.807, 2.05) is 6.92 Å². The first kappa shape index (κ1) is 14.5. The topological polar surface area (TPSA) is 46.5 Å². The van der Waals surface area contributed by atoms with Crippen LogP contribution in [0.3, 0.4) is 0 Å². The number of carbonyl (C=O) groups excluding carboxylic acids is 1. The van der Waals surface area contributed by atoms with Gasteiger partial charge in [-0.05, 0) is 44.4 Å². The van der Waals surface area contributed by atoms with Crippen molar-refractivity contribution in [3.8, 4) is 0 Å². The summed E-state index contributed by atoms with van der Waals surface area (Å²) in [5.41, 5.74) is -0.863. The molecule has 1 aliphatic carbocycles. The summed E-state index contributed by atoms with van der Waals surface area (Å²) >= 11 is 0. The lowest BCUT2D eigenvalue weighted by atomic mass is 9.67. The predicted octanol–water partition coefficient (Wildman–Crippen LogP) is 2.76. The number of hydrogen-bond donors (Lipinski definition) is 1. The van der Waals surface area contributed by atoms with Crippen molar-refractivity contribution >= 4 is 5.97 Å². The summed E-state index contributed by atoms with van der Waals surface area (Å²) in [6.07, 6.45) is 3.22. The Bertz CT molecular complexity index is 252. The highest BCUT2D eigenvalue weighted by Crippen LogP contribution is 2.41. The van der Waals surface area contributed by atoms with Crippen LogP contribution in [0.5, 0.6) is 0 Å². The quantitative estimate of drug-likeness (QED) is 0.771. The molecular weight excluding hydrogens is 216 g/mol. The minimum atomic E-state index is -0.863. The molecule has 0 aromatic rings. The molecule has 3 atom stereocenters. The van der Waals surface area contributed by atoms with Crippen LogP contribution in [0.1, 0.15) is 53.4 Å². The summed E-state index contributed by atoms with van der Waals surface area (Å²) in [5, 5.41) is 10.8. The molecule has 0 saturated heterocycles. The molecule has 1 N–H and O–H groups in total. The lowest BCUT2D eigenvalue weighted by Crippen LogP contribution is -2.48. The van der Waals surface area contributed by atoms with Gasteiger partial charge < -0.3 is 9.84 Å². The molecule has 0 aliphatic heterocycles. The second-order valence-electron chi connectivity index (χ2n) is 5.67. The Labute approximate surface area is 105 Å². The Hall–Kier alpha value is -0.570. The minimum absolute atomic E-state index is 0.237. The molecule has 1 fully saturated rings. The van der Waals surface area contributed by atoms with Crippen LogP contribution in [0.15, 0.2) is 0 Å². The summed E-state index contributed by atoms with van der Waals surface area (Å²) in [7, 11) is 0. The molecule has 100 valence electrons. The number of esters is 1. The third-order valence-corrected chi connectivity index (χ3v) is 3.84. The first-order chi connectivity index (χ1) is 7.92. The van der Waals surface area contributed by atoms with E-state index in [9.17, 15) is 9.90 Å². The fourth-order valence-electron chi connectivity index (χ4n) is 3.44. The highest BCUT2D eigenvalue weighted by atomic mass is 16.5. The molecule has 0 aromatic heterocycles. The summed E-state index contributed by atoms with van der Waals surface area (Å²) < 4.78 is 5.08. The third kappa shape index (κ3) is 3.44.